The van der Waals surface area contributed by atoms with Crippen molar-refractivity contribution >= 4 is 21.6 Å². The molecule has 1 fully saturated rings. The summed E-state index contributed by atoms with van der Waals surface area (Å²) < 4.78 is 5.26. The summed E-state index contributed by atoms with van der Waals surface area (Å²) in [6.45, 7) is 4.10. The van der Waals surface area contributed by atoms with Crippen LogP contribution in [0.2, 0.25) is 0 Å². The largest absolute Gasteiger partial charge is 0.383 e. The molecule has 0 bridgehead atoms. The molecule has 2 nitrogen and oxygen atoms in total. The molecule has 0 saturated heterocycles. The number of alkyl halides is 1. The standard InChI is InChI=1S/C15H22BrNO/c1-12(13-7-8-13)17(9-10-18-2)15-6-4-3-5-14(15)11-16/h3-6,12-13H,7-11H2,1-2H3. The summed E-state index contributed by atoms with van der Waals surface area (Å²) in [5.41, 5.74) is 2.71. The molecule has 100 valence electrons. The Kier molecular flexibility index (Phi) is 5.07. The molecule has 0 N–H and O–H groups in total. The van der Waals surface area contributed by atoms with Gasteiger partial charge in [-0.1, -0.05) is 34.1 Å². The van der Waals surface area contributed by atoms with Gasteiger partial charge in [0.25, 0.3) is 0 Å². The molecular formula is C15H22BrNO. The van der Waals surface area contributed by atoms with E-state index >= 15 is 0 Å². The third kappa shape index (κ3) is 3.27. The van der Waals surface area contributed by atoms with Crippen LogP contribution in [0.4, 0.5) is 5.69 Å². The van der Waals surface area contributed by atoms with Crippen LogP contribution in [-0.4, -0.2) is 26.3 Å². The Morgan fingerprint density at radius 2 is 2.11 bits per heavy atom. The fourth-order valence-corrected chi connectivity index (χ4v) is 2.94. The van der Waals surface area contributed by atoms with Crippen LogP contribution in [0.25, 0.3) is 0 Å². The lowest BCUT2D eigenvalue weighted by Gasteiger charge is -2.33. The number of hydrogen-bond donors (Lipinski definition) is 0. The van der Waals surface area contributed by atoms with Gasteiger partial charge in [0.1, 0.15) is 0 Å². The monoisotopic (exact) mass is 311 g/mol. The number of para-hydroxylation sites is 1. The van der Waals surface area contributed by atoms with E-state index in [9.17, 15) is 0 Å². The van der Waals surface area contributed by atoms with Crippen molar-refractivity contribution in [2.75, 3.05) is 25.2 Å². The first-order valence-electron chi connectivity index (χ1n) is 6.67. The molecular weight excluding hydrogens is 290 g/mol. The maximum atomic E-state index is 5.26. The van der Waals surface area contributed by atoms with Crippen LogP contribution in [0.15, 0.2) is 24.3 Å². The summed E-state index contributed by atoms with van der Waals surface area (Å²) in [7, 11) is 1.77. The van der Waals surface area contributed by atoms with E-state index in [1.54, 1.807) is 7.11 Å². The zero-order valence-electron chi connectivity index (χ0n) is 11.2. The number of methoxy groups -OCH3 is 1. The second-order valence-electron chi connectivity index (χ2n) is 5.03. The van der Waals surface area contributed by atoms with Crippen LogP contribution in [-0.2, 0) is 10.1 Å². The number of ether oxygens (including phenoxy) is 1. The highest BCUT2D eigenvalue weighted by molar-refractivity contribution is 9.08. The summed E-state index contributed by atoms with van der Waals surface area (Å²) in [6, 6.07) is 9.27. The van der Waals surface area contributed by atoms with Gasteiger partial charge < -0.3 is 9.64 Å². The number of nitrogens with zero attached hydrogens (tertiary/aromatic N) is 1. The molecule has 1 saturated carbocycles. The van der Waals surface area contributed by atoms with E-state index in [0.29, 0.717) is 6.04 Å². The van der Waals surface area contributed by atoms with Crippen molar-refractivity contribution in [3.05, 3.63) is 29.8 Å². The van der Waals surface area contributed by atoms with E-state index in [2.05, 4.69) is 52.0 Å². The van der Waals surface area contributed by atoms with Crippen molar-refractivity contribution in [2.24, 2.45) is 5.92 Å². The maximum Gasteiger partial charge on any atom is 0.0637 e. The number of hydrogen-bond acceptors (Lipinski definition) is 2. The van der Waals surface area contributed by atoms with Crippen LogP contribution in [0.1, 0.15) is 25.3 Å². The summed E-state index contributed by atoms with van der Waals surface area (Å²) in [6.07, 6.45) is 2.75. The molecule has 1 aliphatic carbocycles. The Bertz CT molecular complexity index is 379. The Morgan fingerprint density at radius 3 is 2.72 bits per heavy atom. The minimum absolute atomic E-state index is 0.611. The van der Waals surface area contributed by atoms with Gasteiger partial charge in [-0.05, 0) is 37.3 Å². The highest BCUT2D eigenvalue weighted by Crippen LogP contribution is 2.37. The third-order valence-electron chi connectivity index (χ3n) is 3.78. The molecule has 0 radical (unpaired) electrons. The molecule has 1 atom stereocenters. The highest BCUT2D eigenvalue weighted by atomic mass is 79.9. The molecule has 0 aliphatic heterocycles. The van der Waals surface area contributed by atoms with E-state index < -0.39 is 0 Å². The summed E-state index contributed by atoms with van der Waals surface area (Å²) in [5.74, 6) is 0.866. The lowest BCUT2D eigenvalue weighted by atomic mass is 10.1. The zero-order chi connectivity index (χ0) is 13.0. The summed E-state index contributed by atoms with van der Waals surface area (Å²) >= 11 is 3.59. The zero-order valence-corrected chi connectivity index (χ0v) is 12.8. The summed E-state index contributed by atoms with van der Waals surface area (Å²) in [4.78, 5) is 2.51. The number of halogens is 1. The first-order chi connectivity index (χ1) is 8.77. The fraction of sp³-hybridized carbons (Fsp3) is 0.600. The molecule has 0 spiro atoms. The van der Waals surface area contributed by atoms with Crippen LogP contribution >= 0.6 is 15.9 Å². The van der Waals surface area contributed by atoms with Gasteiger partial charge in [0.05, 0.1) is 6.61 Å². The number of anilines is 1. The van der Waals surface area contributed by atoms with E-state index in [1.807, 2.05) is 0 Å². The van der Waals surface area contributed by atoms with Gasteiger partial charge in [-0.2, -0.15) is 0 Å². The minimum atomic E-state index is 0.611. The molecule has 1 aromatic carbocycles. The second-order valence-corrected chi connectivity index (χ2v) is 5.59. The summed E-state index contributed by atoms with van der Waals surface area (Å²) in [5, 5.41) is 0.907. The van der Waals surface area contributed by atoms with Gasteiger partial charge in [0.15, 0.2) is 0 Å². The van der Waals surface area contributed by atoms with Crippen LogP contribution in [0.5, 0.6) is 0 Å². The van der Waals surface area contributed by atoms with Gasteiger partial charge >= 0.3 is 0 Å². The minimum Gasteiger partial charge on any atom is -0.383 e. The molecule has 1 aliphatic rings. The molecule has 0 amide bonds. The number of rotatable bonds is 7. The third-order valence-corrected chi connectivity index (χ3v) is 4.38. The van der Waals surface area contributed by atoms with E-state index in [-0.39, 0.29) is 0 Å². The van der Waals surface area contributed by atoms with Gasteiger partial charge in [-0.25, -0.2) is 0 Å². The second kappa shape index (κ2) is 6.58. The van der Waals surface area contributed by atoms with Crippen molar-refractivity contribution in [1.82, 2.24) is 0 Å². The van der Waals surface area contributed by atoms with E-state index in [1.165, 1.54) is 24.1 Å². The van der Waals surface area contributed by atoms with Crippen LogP contribution in [0.3, 0.4) is 0 Å². The lowest BCUT2D eigenvalue weighted by Crippen LogP contribution is -2.37. The molecule has 2 rings (SSSR count). The molecule has 0 aromatic heterocycles. The van der Waals surface area contributed by atoms with Crippen molar-refractivity contribution in [2.45, 2.75) is 31.1 Å². The first kappa shape index (κ1) is 13.9. The highest BCUT2D eigenvalue weighted by Gasteiger charge is 2.32. The number of benzene rings is 1. The quantitative estimate of drug-likeness (QED) is 0.710. The molecule has 0 heterocycles. The van der Waals surface area contributed by atoms with Gasteiger partial charge in [-0.3, -0.25) is 0 Å². The topological polar surface area (TPSA) is 12.5 Å². The van der Waals surface area contributed by atoms with Crippen molar-refractivity contribution in [3.8, 4) is 0 Å². The lowest BCUT2D eigenvalue weighted by molar-refractivity contribution is 0.202. The maximum absolute atomic E-state index is 5.26. The van der Waals surface area contributed by atoms with E-state index in [0.717, 1.165) is 24.4 Å². The molecule has 3 heteroatoms. The molecule has 1 unspecified atom stereocenters. The van der Waals surface area contributed by atoms with Crippen LogP contribution in [0, 0.1) is 5.92 Å². The molecule has 18 heavy (non-hydrogen) atoms. The Balaban J connectivity index is 2.20. The fourth-order valence-electron chi connectivity index (χ4n) is 2.47. The predicted molar refractivity (Wildman–Crippen MR) is 80.5 cm³/mol. The Hall–Kier alpha value is -0.540. The Morgan fingerprint density at radius 1 is 1.39 bits per heavy atom. The van der Waals surface area contributed by atoms with Gasteiger partial charge in [0, 0.05) is 30.7 Å². The average molecular weight is 312 g/mol. The van der Waals surface area contributed by atoms with E-state index in [4.69, 9.17) is 4.74 Å². The SMILES string of the molecule is COCCN(c1ccccc1CBr)C(C)C1CC1. The predicted octanol–water partition coefficient (Wildman–Crippen LogP) is 3.83. The normalized spacial score (nSPS) is 16.6. The smallest absolute Gasteiger partial charge is 0.0637 e. The van der Waals surface area contributed by atoms with Gasteiger partial charge in [-0.15, -0.1) is 0 Å². The first-order valence-corrected chi connectivity index (χ1v) is 7.79. The van der Waals surface area contributed by atoms with Crippen LogP contribution < -0.4 is 4.90 Å². The van der Waals surface area contributed by atoms with Gasteiger partial charge in [0.2, 0.25) is 0 Å². The van der Waals surface area contributed by atoms with Crippen molar-refractivity contribution in [3.63, 3.8) is 0 Å². The molecule has 1 aromatic rings. The van der Waals surface area contributed by atoms with Crippen molar-refractivity contribution in [1.29, 1.82) is 0 Å². The Labute approximate surface area is 118 Å². The average Bonchev–Trinajstić information content (AvgIpc) is 3.23. The van der Waals surface area contributed by atoms with Crippen molar-refractivity contribution < 1.29 is 4.74 Å².